The Labute approximate surface area is 529 Å². The summed E-state index contributed by atoms with van der Waals surface area (Å²) in [6, 6.07) is 82.9. The molecule has 0 saturated heterocycles. The second-order valence-electron chi connectivity index (χ2n) is 21.6. The van der Waals surface area contributed by atoms with Crippen LogP contribution in [0, 0.1) is 20.8 Å². The van der Waals surface area contributed by atoms with Gasteiger partial charge in [-0.05, 0) is 215 Å². The van der Waals surface area contributed by atoms with Gasteiger partial charge in [0, 0.05) is 144 Å². The number of nitrogens with one attached hydrogen (secondary N) is 9. The molecule has 10 aromatic rings. The third-order valence-corrected chi connectivity index (χ3v) is 14.5. The van der Waals surface area contributed by atoms with Gasteiger partial charge in [0.15, 0.2) is 0 Å². The van der Waals surface area contributed by atoms with E-state index in [0.29, 0.717) is 0 Å². The van der Waals surface area contributed by atoms with Crippen LogP contribution in [0.3, 0.4) is 0 Å². The lowest BCUT2D eigenvalue weighted by Crippen LogP contribution is -2.70. The van der Waals surface area contributed by atoms with E-state index in [4.69, 9.17) is 4.99 Å². The third-order valence-electron chi connectivity index (χ3n) is 14.5. The van der Waals surface area contributed by atoms with Gasteiger partial charge in [-0.2, -0.15) is 0 Å². The molecule has 0 heterocycles. The van der Waals surface area contributed by atoms with Crippen molar-refractivity contribution in [2.24, 2.45) is 9.98 Å². The lowest BCUT2D eigenvalue weighted by atomic mass is 10.1. The van der Waals surface area contributed by atoms with Crippen LogP contribution >= 0.6 is 0 Å². The zero-order chi connectivity index (χ0) is 62.3. The Bertz CT molecular complexity index is 3960. The van der Waals surface area contributed by atoms with Crippen molar-refractivity contribution in [2.75, 3.05) is 58.4 Å². The molecule has 0 unspecified atom stereocenters. The molecular formula is C78H77N12+3. The number of hydrogen-bond acceptors (Lipinski definition) is 9. The molecule has 12 heteroatoms. The quantitative estimate of drug-likeness (QED) is 0.0322. The maximum atomic E-state index is 4.69. The number of nitrogens with two attached hydrogens (primary N) is 1. The SMILES string of the molecule is CNc1ccc(Nc2ccc(N=C3C=CC(=Nc4ccc(C)cc4)C=C3)cc2)cc1.CNc1ccc(Nc2ccc(Nc3ccc([NH2+]c4ccc(C)cc4)cc3)cc2)cc1.CNc1ccc(Nc2ccc([NH+]=C3C=CC(=[NH+]c4ccc(C)cc4)C=C3)cc2)cc1. The lowest BCUT2D eigenvalue weighted by molar-refractivity contribution is -0.478. The number of quaternary nitrogens is 1. The van der Waals surface area contributed by atoms with E-state index in [1.807, 2.05) is 106 Å². The van der Waals surface area contributed by atoms with Gasteiger partial charge in [0.25, 0.3) is 0 Å². The molecule has 10 aromatic carbocycles. The average molecular weight is 1180 g/mol. The summed E-state index contributed by atoms with van der Waals surface area (Å²) in [7, 11) is 5.75. The Hall–Kier alpha value is -11.6. The summed E-state index contributed by atoms with van der Waals surface area (Å²) in [6.45, 7) is 6.27. The number of benzene rings is 10. The summed E-state index contributed by atoms with van der Waals surface area (Å²) in [5.74, 6) is 0. The summed E-state index contributed by atoms with van der Waals surface area (Å²) < 4.78 is 0. The summed E-state index contributed by atoms with van der Waals surface area (Å²) >= 11 is 0. The van der Waals surface area contributed by atoms with Crippen molar-refractivity contribution in [3.63, 3.8) is 0 Å². The van der Waals surface area contributed by atoms with Crippen LogP contribution in [0.5, 0.6) is 0 Å². The number of nitrogens with zero attached hydrogens (tertiary/aromatic N) is 2. The van der Waals surface area contributed by atoms with Crippen molar-refractivity contribution < 1.29 is 15.3 Å². The number of aryl methyl sites for hydroxylation is 3. The van der Waals surface area contributed by atoms with Crippen molar-refractivity contribution >= 4 is 120 Å². The van der Waals surface area contributed by atoms with Crippen LogP contribution in [0.4, 0.5) is 96.7 Å². The van der Waals surface area contributed by atoms with Gasteiger partial charge in [0.1, 0.15) is 11.4 Å². The van der Waals surface area contributed by atoms with Crippen LogP contribution in [-0.2, 0) is 0 Å². The van der Waals surface area contributed by atoms with Gasteiger partial charge in [-0.25, -0.2) is 20.0 Å². The van der Waals surface area contributed by atoms with Crippen molar-refractivity contribution in [3.05, 3.63) is 308 Å². The Balaban J connectivity index is 0.000000148. The highest BCUT2D eigenvalue weighted by Crippen LogP contribution is 2.26. The van der Waals surface area contributed by atoms with E-state index in [1.54, 1.807) is 0 Å². The van der Waals surface area contributed by atoms with Crippen LogP contribution in [-0.4, -0.2) is 44.0 Å². The van der Waals surface area contributed by atoms with Crippen molar-refractivity contribution in [1.29, 1.82) is 0 Å². The molecule has 11 N–H and O–H groups in total. The smallest absolute Gasteiger partial charge is 0.204 e. The van der Waals surface area contributed by atoms with Gasteiger partial charge in [-0.1, -0.05) is 53.1 Å². The molecule has 0 bridgehead atoms. The molecule has 0 fully saturated rings. The summed E-state index contributed by atoms with van der Waals surface area (Å²) in [4.78, 5) is 16.2. The Morgan fingerprint density at radius 3 is 0.789 bits per heavy atom. The lowest BCUT2D eigenvalue weighted by Gasteiger charge is -2.10. The molecule has 0 atom stereocenters. The molecule has 0 radical (unpaired) electrons. The highest BCUT2D eigenvalue weighted by Gasteiger charge is 2.11. The number of hydrogen-bond donors (Lipinski definition) is 10. The van der Waals surface area contributed by atoms with E-state index in [0.717, 1.165) is 108 Å². The van der Waals surface area contributed by atoms with Crippen LogP contribution in [0.15, 0.2) is 301 Å². The average Bonchev–Trinajstić information content (AvgIpc) is 3.72. The number of aliphatic imine (C=N–C) groups is 2. The Morgan fingerprint density at radius 1 is 0.256 bits per heavy atom. The fourth-order valence-electron chi connectivity index (χ4n) is 9.36. The fourth-order valence-corrected chi connectivity index (χ4v) is 9.36. The van der Waals surface area contributed by atoms with E-state index in [2.05, 4.69) is 285 Å². The van der Waals surface area contributed by atoms with Crippen LogP contribution in [0.25, 0.3) is 0 Å². The topological polar surface area (TPSA) is 153 Å². The van der Waals surface area contributed by atoms with Crippen LogP contribution in [0.1, 0.15) is 16.7 Å². The molecule has 0 spiro atoms. The maximum Gasteiger partial charge on any atom is 0.204 e. The first-order valence-electron chi connectivity index (χ1n) is 30.1. The molecule has 0 amide bonds. The first-order chi connectivity index (χ1) is 44.0. The summed E-state index contributed by atoms with van der Waals surface area (Å²) in [5.41, 5.74) is 25.8. The first-order valence-corrected chi connectivity index (χ1v) is 30.1. The van der Waals surface area contributed by atoms with Gasteiger partial charge in [0.2, 0.25) is 22.8 Å². The van der Waals surface area contributed by atoms with E-state index >= 15 is 0 Å². The highest BCUT2D eigenvalue weighted by atomic mass is 14.9. The molecule has 0 saturated carbocycles. The van der Waals surface area contributed by atoms with E-state index in [1.165, 1.54) is 28.1 Å². The predicted molar refractivity (Wildman–Crippen MR) is 384 cm³/mol. The molecule has 2 aliphatic rings. The van der Waals surface area contributed by atoms with E-state index in [9.17, 15) is 0 Å². The maximum absolute atomic E-state index is 4.69. The zero-order valence-electron chi connectivity index (χ0n) is 51.7. The van der Waals surface area contributed by atoms with Gasteiger partial charge >= 0.3 is 0 Å². The normalized spacial score (nSPS) is 11.9. The number of rotatable bonds is 17. The molecule has 12 nitrogen and oxygen atoms in total. The standard InChI is InChI=1S/C26H26N4.2C26H24N4/c3*1-19-3-5-21(6-4-19)28-23-11-13-25(14-12-23)30-26-17-15-24(16-18-26)29-22-9-7-20(27-2)8-10-22/h3-18,27-30H,1-2H3;2*3-18,27,29H,1-2H3/p+3. The Morgan fingerprint density at radius 2 is 0.478 bits per heavy atom. The van der Waals surface area contributed by atoms with Crippen LogP contribution < -0.4 is 52.5 Å². The minimum absolute atomic E-state index is 0.904. The van der Waals surface area contributed by atoms with Crippen molar-refractivity contribution in [3.8, 4) is 0 Å². The highest BCUT2D eigenvalue weighted by molar-refractivity contribution is 6.19. The fraction of sp³-hybridized carbons (Fsp3) is 0.0769. The van der Waals surface area contributed by atoms with Gasteiger partial charge in [-0.3, -0.25) is 5.32 Å². The zero-order valence-corrected chi connectivity index (χ0v) is 51.7. The Kier molecular flexibility index (Phi) is 21.3. The molecule has 12 rings (SSSR count). The molecule has 2 aliphatic carbocycles. The minimum Gasteiger partial charge on any atom is -0.388 e. The van der Waals surface area contributed by atoms with E-state index in [-0.39, 0.29) is 0 Å². The van der Waals surface area contributed by atoms with Gasteiger partial charge < -0.3 is 37.2 Å². The van der Waals surface area contributed by atoms with Gasteiger partial charge in [-0.15, -0.1) is 0 Å². The number of allylic oxidation sites excluding steroid dienone is 8. The third kappa shape index (κ3) is 19.2. The van der Waals surface area contributed by atoms with Crippen molar-refractivity contribution in [2.45, 2.75) is 20.8 Å². The molecular weight excluding hydrogens is 1100 g/mol. The second-order valence-corrected chi connectivity index (χ2v) is 21.6. The predicted octanol–water partition coefficient (Wildman–Crippen LogP) is 15.7. The minimum atomic E-state index is 0.904. The summed E-state index contributed by atoms with van der Waals surface area (Å²) in [5, 5.41) is 25.3. The molecule has 446 valence electrons. The molecule has 0 aliphatic heterocycles. The van der Waals surface area contributed by atoms with Crippen molar-refractivity contribution in [1.82, 2.24) is 0 Å². The van der Waals surface area contributed by atoms with Crippen LogP contribution in [0.2, 0.25) is 0 Å². The van der Waals surface area contributed by atoms with Gasteiger partial charge in [0.05, 0.1) is 22.8 Å². The molecule has 90 heavy (non-hydrogen) atoms. The van der Waals surface area contributed by atoms with E-state index < -0.39 is 0 Å². The second kappa shape index (κ2) is 31.2. The monoisotopic (exact) mass is 1180 g/mol. The largest absolute Gasteiger partial charge is 0.388 e. The molecule has 0 aromatic heterocycles. The first kappa shape index (κ1) is 61.5. The number of anilines is 11. The summed E-state index contributed by atoms with van der Waals surface area (Å²) in [6.07, 6.45) is 16.3.